The number of rotatable bonds is 7. The van der Waals surface area contributed by atoms with Gasteiger partial charge < -0.3 is 10.6 Å². The lowest BCUT2D eigenvalue weighted by Gasteiger charge is -2.27. The first kappa shape index (κ1) is 13.7. The Labute approximate surface area is 115 Å². The van der Waals surface area contributed by atoms with E-state index in [-0.39, 0.29) is 0 Å². The molecule has 1 aromatic rings. The topological polar surface area (TPSA) is 29.3 Å². The second kappa shape index (κ2) is 6.44. The summed E-state index contributed by atoms with van der Waals surface area (Å²) < 4.78 is 0. The van der Waals surface area contributed by atoms with Crippen LogP contribution >= 0.6 is 11.6 Å². The summed E-state index contributed by atoms with van der Waals surface area (Å²) in [6.45, 7) is 4.03. The summed E-state index contributed by atoms with van der Waals surface area (Å²) in [4.78, 5) is 2.54. The van der Waals surface area contributed by atoms with E-state index in [1.54, 1.807) is 0 Å². The summed E-state index contributed by atoms with van der Waals surface area (Å²) in [6.07, 6.45) is 5.97. The number of anilines is 1. The number of nitrogens with two attached hydrogens (primary N) is 1. The van der Waals surface area contributed by atoms with Gasteiger partial charge in [-0.05, 0) is 49.9 Å². The number of benzene rings is 1. The van der Waals surface area contributed by atoms with E-state index < -0.39 is 0 Å². The summed E-state index contributed by atoms with van der Waals surface area (Å²) in [5, 5.41) is 0.861. The van der Waals surface area contributed by atoms with Gasteiger partial charge in [0, 0.05) is 23.3 Å². The first-order valence-electron chi connectivity index (χ1n) is 7.02. The Hall–Kier alpha value is -0.730. The zero-order valence-electron chi connectivity index (χ0n) is 11.2. The maximum Gasteiger partial charge on any atom is 0.0459 e. The van der Waals surface area contributed by atoms with E-state index in [0.29, 0.717) is 6.54 Å². The van der Waals surface area contributed by atoms with Gasteiger partial charge in [0.05, 0.1) is 0 Å². The lowest BCUT2D eigenvalue weighted by molar-refractivity contribution is 0.709. The number of halogens is 1. The van der Waals surface area contributed by atoms with Gasteiger partial charge >= 0.3 is 0 Å². The van der Waals surface area contributed by atoms with Crippen LogP contribution in [-0.2, 0) is 6.42 Å². The zero-order valence-corrected chi connectivity index (χ0v) is 11.9. The summed E-state index contributed by atoms with van der Waals surface area (Å²) in [7, 11) is 0. The highest BCUT2D eigenvalue weighted by Gasteiger charge is 2.30. The van der Waals surface area contributed by atoms with Crippen LogP contribution in [-0.4, -0.2) is 19.1 Å². The average molecular weight is 267 g/mol. The van der Waals surface area contributed by atoms with Crippen molar-refractivity contribution < 1.29 is 0 Å². The molecule has 0 radical (unpaired) electrons. The molecule has 0 spiro atoms. The highest BCUT2D eigenvalue weighted by atomic mass is 35.5. The Morgan fingerprint density at radius 3 is 2.78 bits per heavy atom. The molecule has 2 nitrogen and oxygen atoms in total. The Bertz CT molecular complexity index is 388. The first-order valence-corrected chi connectivity index (χ1v) is 7.39. The molecule has 1 aliphatic carbocycles. The van der Waals surface area contributed by atoms with Gasteiger partial charge in [0.15, 0.2) is 0 Å². The van der Waals surface area contributed by atoms with Crippen molar-refractivity contribution in [1.82, 2.24) is 0 Å². The van der Waals surface area contributed by atoms with Gasteiger partial charge in [-0.15, -0.1) is 0 Å². The van der Waals surface area contributed by atoms with Crippen molar-refractivity contribution in [3.63, 3.8) is 0 Å². The molecule has 100 valence electrons. The summed E-state index contributed by atoms with van der Waals surface area (Å²) in [5.74, 6) is 0. The second-order valence-corrected chi connectivity index (χ2v) is 5.46. The third-order valence-electron chi connectivity index (χ3n) is 3.54. The van der Waals surface area contributed by atoms with Crippen LogP contribution in [0.25, 0.3) is 0 Å². The maximum absolute atomic E-state index is 6.33. The maximum atomic E-state index is 6.33. The molecular formula is C15H23ClN2. The summed E-state index contributed by atoms with van der Waals surface area (Å²) in [6, 6.07) is 6.96. The molecule has 0 saturated heterocycles. The van der Waals surface area contributed by atoms with Gasteiger partial charge in [-0.3, -0.25) is 0 Å². The standard InChI is InChI=1S/C15H23ClN2/c1-2-3-11-18(12-7-8-12)15-6-4-5-14(16)13(15)9-10-17/h4-6,12H,2-3,7-11,17H2,1H3. The lowest BCUT2D eigenvalue weighted by atomic mass is 10.1. The Morgan fingerprint density at radius 2 is 2.17 bits per heavy atom. The quantitative estimate of drug-likeness (QED) is 0.817. The van der Waals surface area contributed by atoms with E-state index in [4.69, 9.17) is 17.3 Å². The van der Waals surface area contributed by atoms with Crippen LogP contribution in [0, 0.1) is 0 Å². The van der Waals surface area contributed by atoms with Crippen molar-refractivity contribution in [2.24, 2.45) is 5.73 Å². The largest absolute Gasteiger partial charge is 0.368 e. The van der Waals surface area contributed by atoms with E-state index in [1.807, 2.05) is 6.07 Å². The summed E-state index contributed by atoms with van der Waals surface area (Å²) in [5.41, 5.74) is 8.25. The van der Waals surface area contributed by atoms with Gasteiger partial charge in [-0.25, -0.2) is 0 Å². The van der Waals surface area contributed by atoms with Crippen LogP contribution in [0.4, 0.5) is 5.69 Å². The smallest absolute Gasteiger partial charge is 0.0459 e. The Morgan fingerprint density at radius 1 is 1.39 bits per heavy atom. The lowest BCUT2D eigenvalue weighted by Crippen LogP contribution is -2.28. The molecule has 1 aliphatic rings. The molecule has 1 saturated carbocycles. The molecule has 18 heavy (non-hydrogen) atoms. The molecule has 1 fully saturated rings. The van der Waals surface area contributed by atoms with E-state index in [2.05, 4.69) is 24.0 Å². The molecule has 0 aromatic heterocycles. The Balaban J connectivity index is 2.25. The number of hydrogen-bond donors (Lipinski definition) is 1. The minimum absolute atomic E-state index is 0.656. The number of unbranched alkanes of at least 4 members (excludes halogenated alkanes) is 1. The SMILES string of the molecule is CCCCN(c1cccc(Cl)c1CCN)C1CC1. The van der Waals surface area contributed by atoms with E-state index >= 15 is 0 Å². The highest BCUT2D eigenvalue weighted by molar-refractivity contribution is 6.31. The van der Waals surface area contributed by atoms with Crippen LogP contribution < -0.4 is 10.6 Å². The number of hydrogen-bond acceptors (Lipinski definition) is 2. The van der Waals surface area contributed by atoms with Crippen LogP contribution in [0.1, 0.15) is 38.2 Å². The number of nitrogens with zero attached hydrogens (tertiary/aromatic N) is 1. The predicted molar refractivity (Wildman–Crippen MR) is 79.5 cm³/mol. The molecule has 0 unspecified atom stereocenters. The minimum atomic E-state index is 0.656. The van der Waals surface area contributed by atoms with Gasteiger partial charge in [-0.1, -0.05) is 31.0 Å². The minimum Gasteiger partial charge on any atom is -0.368 e. The molecule has 3 heteroatoms. The van der Waals surface area contributed by atoms with Gasteiger partial charge in [0.1, 0.15) is 0 Å². The van der Waals surface area contributed by atoms with E-state index in [1.165, 1.54) is 36.9 Å². The molecule has 2 N–H and O–H groups in total. The molecule has 1 aromatic carbocycles. The van der Waals surface area contributed by atoms with Crippen LogP contribution in [0.3, 0.4) is 0 Å². The van der Waals surface area contributed by atoms with Crippen LogP contribution in [0.15, 0.2) is 18.2 Å². The first-order chi connectivity index (χ1) is 8.77. The van der Waals surface area contributed by atoms with Crippen LogP contribution in [0.2, 0.25) is 5.02 Å². The average Bonchev–Trinajstić information content (AvgIpc) is 3.18. The fraction of sp³-hybridized carbons (Fsp3) is 0.600. The molecule has 0 heterocycles. The molecular weight excluding hydrogens is 244 g/mol. The van der Waals surface area contributed by atoms with Crippen molar-refractivity contribution in [3.05, 3.63) is 28.8 Å². The van der Waals surface area contributed by atoms with Gasteiger partial charge in [-0.2, -0.15) is 0 Å². The fourth-order valence-corrected chi connectivity index (χ4v) is 2.69. The molecule has 0 amide bonds. The van der Waals surface area contributed by atoms with E-state index in [9.17, 15) is 0 Å². The predicted octanol–water partition coefficient (Wildman–Crippen LogP) is 3.61. The van der Waals surface area contributed by atoms with Crippen molar-refractivity contribution in [3.8, 4) is 0 Å². The molecule has 0 bridgehead atoms. The molecule has 2 rings (SSSR count). The van der Waals surface area contributed by atoms with Crippen molar-refractivity contribution in [2.45, 2.75) is 45.1 Å². The van der Waals surface area contributed by atoms with E-state index in [0.717, 1.165) is 24.0 Å². The highest BCUT2D eigenvalue weighted by Crippen LogP contribution is 2.36. The molecule has 0 atom stereocenters. The monoisotopic (exact) mass is 266 g/mol. The van der Waals surface area contributed by atoms with Crippen molar-refractivity contribution in [2.75, 3.05) is 18.0 Å². The summed E-state index contributed by atoms with van der Waals surface area (Å²) >= 11 is 6.33. The third kappa shape index (κ3) is 3.18. The van der Waals surface area contributed by atoms with Crippen LogP contribution in [0.5, 0.6) is 0 Å². The Kier molecular flexibility index (Phi) is 4.90. The van der Waals surface area contributed by atoms with Crippen molar-refractivity contribution in [1.29, 1.82) is 0 Å². The zero-order chi connectivity index (χ0) is 13.0. The van der Waals surface area contributed by atoms with Crippen molar-refractivity contribution >= 4 is 17.3 Å². The molecule has 0 aliphatic heterocycles. The van der Waals surface area contributed by atoms with Gasteiger partial charge in [0.25, 0.3) is 0 Å². The second-order valence-electron chi connectivity index (χ2n) is 5.05. The fourth-order valence-electron chi connectivity index (χ4n) is 2.42. The third-order valence-corrected chi connectivity index (χ3v) is 3.89. The normalized spacial score (nSPS) is 14.8. The van der Waals surface area contributed by atoms with Gasteiger partial charge in [0.2, 0.25) is 0 Å².